The highest BCUT2D eigenvalue weighted by molar-refractivity contribution is 5.80. The molecule has 0 radical (unpaired) electrons. The van der Waals surface area contributed by atoms with Gasteiger partial charge in [-0.3, -0.25) is 4.79 Å². The zero-order valence-electron chi connectivity index (χ0n) is 12.9. The van der Waals surface area contributed by atoms with Crippen molar-refractivity contribution in [3.63, 3.8) is 0 Å². The fourth-order valence-electron chi connectivity index (χ4n) is 2.98. The second kappa shape index (κ2) is 7.46. The number of para-hydroxylation sites is 1. The first-order valence-corrected chi connectivity index (χ1v) is 7.64. The summed E-state index contributed by atoms with van der Waals surface area (Å²) in [6.45, 7) is 3.16. The molecular weight excluding hydrogens is 266 g/mol. The fourth-order valence-corrected chi connectivity index (χ4v) is 2.98. The molecule has 1 atom stereocenters. The van der Waals surface area contributed by atoms with Crippen LogP contribution in [0.4, 0.5) is 0 Å². The number of carbonyl (C=O) groups excluding carboxylic acids is 1. The van der Waals surface area contributed by atoms with Crippen LogP contribution in [0.15, 0.2) is 30.3 Å². The van der Waals surface area contributed by atoms with E-state index in [1.165, 1.54) is 12.8 Å². The quantitative estimate of drug-likeness (QED) is 0.840. The van der Waals surface area contributed by atoms with Gasteiger partial charge in [-0.25, -0.2) is 0 Å². The average molecular weight is 291 g/mol. The van der Waals surface area contributed by atoms with Crippen LogP contribution < -0.4 is 10.1 Å². The van der Waals surface area contributed by atoms with E-state index in [0.717, 1.165) is 12.8 Å². The van der Waals surface area contributed by atoms with E-state index in [1.54, 1.807) is 14.0 Å². The molecule has 21 heavy (non-hydrogen) atoms. The number of ether oxygens (including phenoxy) is 2. The molecule has 1 aliphatic rings. The van der Waals surface area contributed by atoms with Crippen molar-refractivity contribution in [1.29, 1.82) is 0 Å². The van der Waals surface area contributed by atoms with Gasteiger partial charge in [0.1, 0.15) is 5.75 Å². The Morgan fingerprint density at radius 1 is 1.29 bits per heavy atom. The molecular formula is C17H25NO3. The zero-order chi connectivity index (χ0) is 15.1. The molecule has 0 aromatic heterocycles. The maximum absolute atomic E-state index is 12.2. The minimum Gasteiger partial charge on any atom is -0.481 e. The van der Waals surface area contributed by atoms with Crippen LogP contribution in [0.2, 0.25) is 0 Å². The van der Waals surface area contributed by atoms with Crippen LogP contribution in [0.1, 0.15) is 32.6 Å². The van der Waals surface area contributed by atoms with Gasteiger partial charge in [0, 0.05) is 19.1 Å². The molecule has 2 rings (SSSR count). The van der Waals surface area contributed by atoms with E-state index in [1.807, 2.05) is 30.3 Å². The highest BCUT2D eigenvalue weighted by atomic mass is 16.5. The Hall–Kier alpha value is -1.55. The molecule has 4 nitrogen and oxygen atoms in total. The van der Waals surface area contributed by atoms with Crippen molar-refractivity contribution in [1.82, 2.24) is 5.32 Å². The van der Waals surface area contributed by atoms with Gasteiger partial charge in [0.05, 0.1) is 6.61 Å². The van der Waals surface area contributed by atoms with Gasteiger partial charge >= 0.3 is 0 Å². The Morgan fingerprint density at radius 2 is 1.95 bits per heavy atom. The number of amides is 1. The summed E-state index contributed by atoms with van der Waals surface area (Å²) in [5.74, 6) is 0.647. The second-order valence-corrected chi connectivity index (χ2v) is 5.93. The maximum Gasteiger partial charge on any atom is 0.260 e. The lowest BCUT2D eigenvalue weighted by molar-refractivity contribution is -0.128. The molecule has 0 heterocycles. The first-order chi connectivity index (χ1) is 10.2. The van der Waals surface area contributed by atoms with E-state index in [4.69, 9.17) is 9.47 Å². The summed E-state index contributed by atoms with van der Waals surface area (Å²) in [7, 11) is 1.73. The van der Waals surface area contributed by atoms with Gasteiger partial charge < -0.3 is 14.8 Å². The van der Waals surface area contributed by atoms with Crippen molar-refractivity contribution in [2.75, 3.05) is 20.3 Å². The molecule has 116 valence electrons. The van der Waals surface area contributed by atoms with Crippen molar-refractivity contribution in [3.05, 3.63) is 30.3 Å². The molecule has 0 saturated heterocycles. The highest BCUT2D eigenvalue weighted by Gasteiger charge is 2.34. The molecule has 1 aromatic carbocycles. The summed E-state index contributed by atoms with van der Waals surface area (Å²) in [6.07, 6.45) is 4.18. The van der Waals surface area contributed by atoms with Crippen LogP contribution in [-0.2, 0) is 9.53 Å². The van der Waals surface area contributed by atoms with Crippen molar-refractivity contribution >= 4 is 5.91 Å². The number of hydrogen-bond acceptors (Lipinski definition) is 3. The van der Waals surface area contributed by atoms with E-state index in [9.17, 15) is 4.79 Å². The standard InChI is InChI=1S/C17H25NO3/c1-14(21-15-8-4-3-5-9-15)16(19)18-12-17(13-20-2)10-6-7-11-17/h3-5,8-9,14H,6-7,10-13H2,1-2H3,(H,18,19)/t14-/m0/s1. The predicted molar refractivity (Wildman–Crippen MR) is 82.3 cm³/mol. The molecule has 0 bridgehead atoms. The van der Waals surface area contributed by atoms with Crippen LogP contribution in [0.3, 0.4) is 0 Å². The van der Waals surface area contributed by atoms with E-state index in [-0.39, 0.29) is 11.3 Å². The van der Waals surface area contributed by atoms with Gasteiger partial charge in [-0.15, -0.1) is 0 Å². The van der Waals surface area contributed by atoms with Crippen LogP contribution in [0.25, 0.3) is 0 Å². The van der Waals surface area contributed by atoms with Crippen molar-refractivity contribution < 1.29 is 14.3 Å². The monoisotopic (exact) mass is 291 g/mol. The molecule has 1 fully saturated rings. The van der Waals surface area contributed by atoms with Gasteiger partial charge in [-0.1, -0.05) is 31.0 Å². The van der Waals surface area contributed by atoms with Crippen LogP contribution >= 0.6 is 0 Å². The number of nitrogens with one attached hydrogen (secondary N) is 1. The van der Waals surface area contributed by atoms with Gasteiger partial charge in [-0.05, 0) is 31.9 Å². The third-order valence-electron chi connectivity index (χ3n) is 4.18. The lowest BCUT2D eigenvalue weighted by Gasteiger charge is -2.29. The molecule has 0 aliphatic heterocycles. The lowest BCUT2D eigenvalue weighted by atomic mass is 9.87. The molecule has 4 heteroatoms. The summed E-state index contributed by atoms with van der Waals surface area (Å²) >= 11 is 0. The number of carbonyl (C=O) groups is 1. The van der Waals surface area contributed by atoms with Crippen LogP contribution in [0.5, 0.6) is 5.75 Å². The minimum atomic E-state index is -0.492. The molecule has 1 amide bonds. The smallest absolute Gasteiger partial charge is 0.260 e. The van der Waals surface area contributed by atoms with E-state index in [2.05, 4.69) is 5.32 Å². The summed E-state index contributed by atoms with van der Waals surface area (Å²) in [6, 6.07) is 9.42. The van der Waals surface area contributed by atoms with Gasteiger partial charge in [0.2, 0.25) is 0 Å². The van der Waals surface area contributed by atoms with E-state index < -0.39 is 6.10 Å². The van der Waals surface area contributed by atoms with E-state index in [0.29, 0.717) is 18.9 Å². The van der Waals surface area contributed by atoms with Crippen molar-refractivity contribution in [2.24, 2.45) is 5.41 Å². The SMILES string of the molecule is COCC1(CNC(=O)[C@H](C)Oc2ccccc2)CCCC1. The van der Waals surface area contributed by atoms with E-state index >= 15 is 0 Å². The van der Waals surface area contributed by atoms with Gasteiger partial charge in [0.15, 0.2) is 6.10 Å². The molecule has 0 unspecified atom stereocenters. The molecule has 1 aliphatic carbocycles. The normalized spacial score (nSPS) is 18.2. The minimum absolute atomic E-state index is 0.0683. The first-order valence-electron chi connectivity index (χ1n) is 7.64. The third kappa shape index (κ3) is 4.46. The zero-order valence-corrected chi connectivity index (χ0v) is 12.9. The fraction of sp³-hybridized carbons (Fsp3) is 0.588. The van der Waals surface area contributed by atoms with Crippen molar-refractivity contribution in [3.8, 4) is 5.75 Å². The topological polar surface area (TPSA) is 47.6 Å². The summed E-state index contributed by atoms with van der Waals surface area (Å²) in [5.41, 5.74) is 0.108. The summed E-state index contributed by atoms with van der Waals surface area (Å²) in [5, 5.41) is 3.03. The average Bonchev–Trinajstić information content (AvgIpc) is 2.95. The maximum atomic E-state index is 12.2. The lowest BCUT2D eigenvalue weighted by Crippen LogP contribution is -2.43. The Morgan fingerprint density at radius 3 is 2.57 bits per heavy atom. The summed E-state index contributed by atoms with van der Waals surface area (Å²) in [4.78, 5) is 12.2. The molecule has 0 spiro atoms. The Bertz CT molecular complexity index is 441. The second-order valence-electron chi connectivity index (χ2n) is 5.93. The first kappa shape index (κ1) is 15.8. The molecule has 1 aromatic rings. The van der Waals surface area contributed by atoms with Gasteiger partial charge in [-0.2, -0.15) is 0 Å². The van der Waals surface area contributed by atoms with Crippen LogP contribution in [0, 0.1) is 5.41 Å². The molecule has 1 saturated carbocycles. The summed E-state index contributed by atoms with van der Waals surface area (Å²) < 4.78 is 11.0. The van der Waals surface area contributed by atoms with Crippen molar-refractivity contribution in [2.45, 2.75) is 38.7 Å². The largest absolute Gasteiger partial charge is 0.481 e. The third-order valence-corrected chi connectivity index (χ3v) is 4.18. The predicted octanol–water partition coefficient (Wildman–Crippen LogP) is 2.78. The highest BCUT2D eigenvalue weighted by Crippen LogP contribution is 2.37. The Kier molecular flexibility index (Phi) is 5.62. The number of rotatable bonds is 7. The molecule has 1 N–H and O–H groups in total. The number of hydrogen-bond donors (Lipinski definition) is 1. The van der Waals surface area contributed by atoms with Gasteiger partial charge in [0.25, 0.3) is 5.91 Å². The number of methoxy groups -OCH3 is 1. The number of benzene rings is 1. The van der Waals surface area contributed by atoms with Crippen LogP contribution in [-0.4, -0.2) is 32.3 Å². The Labute approximate surface area is 126 Å². The Balaban J connectivity index is 1.83.